The van der Waals surface area contributed by atoms with Crippen LogP contribution in [0.15, 0.2) is 30.5 Å². The van der Waals surface area contributed by atoms with Crippen LogP contribution in [-0.4, -0.2) is 36.3 Å². The smallest absolute Gasteiger partial charge is 0.417 e. The minimum absolute atomic E-state index is 0.0625. The first kappa shape index (κ1) is 26.2. The number of aromatic amines is 1. The summed E-state index contributed by atoms with van der Waals surface area (Å²) in [5.74, 6) is -10.2. The van der Waals surface area contributed by atoms with Crippen molar-refractivity contribution < 1.29 is 54.8 Å². The number of pyridine rings is 1. The normalized spacial score (nSPS) is 24.5. The van der Waals surface area contributed by atoms with Crippen LogP contribution in [0.5, 0.6) is 5.75 Å². The molecule has 1 aliphatic heterocycles. The van der Waals surface area contributed by atoms with E-state index in [1.807, 2.05) is 0 Å². The first-order valence-corrected chi connectivity index (χ1v) is 9.97. The molecule has 190 valence electrons. The summed E-state index contributed by atoms with van der Waals surface area (Å²) in [7, 11) is 0. The summed E-state index contributed by atoms with van der Waals surface area (Å²) in [6.45, 7) is -1.97. The number of nitrogens with one attached hydrogen (secondary N) is 2. The number of carbonyl (C=O) groups is 2. The van der Waals surface area contributed by atoms with Crippen LogP contribution in [0.2, 0.25) is 0 Å². The number of alkyl halides is 5. The Morgan fingerprint density at radius 2 is 1.89 bits per heavy atom. The maximum atomic E-state index is 14.4. The fourth-order valence-corrected chi connectivity index (χ4v) is 3.94. The van der Waals surface area contributed by atoms with Crippen LogP contribution < -0.4 is 20.8 Å². The van der Waals surface area contributed by atoms with Crippen molar-refractivity contribution >= 4 is 17.5 Å². The molecular weight excluding hydrogens is 491 g/mol. The monoisotopic (exact) mass is 510 g/mol. The number of nitrogens with two attached hydrogens (primary N) is 1. The van der Waals surface area contributed by atoms with Crippen LogP contribution in [0.25, 0.3) is 0 Å². The fraction of sp³-hybridized carbons (Fsp3) is 0.381. The van der Waals surface area contributed by atoms with Crippen LogP contribution in [0, 0.1) is 17.6 Å². The summed E-state index contributed by atoms with van der Waals surface area (Å²) in [5.41, 5.74) is 1.34. The van der Waals surface area contributed by atoms with E-state index in [4.69, 9.17) is 10.5 Å². The van der Waals surface area contributed by atoms with E-state index in [1.165, 1.54) is 12.3 Å². The lowest BCUT2D eigenvalue weighted by atomic mass is 9.77. The quantitative estimate of drug-likeness (QED) is 0.580. The van der Waals surface area contributed by atoms with Crippen molar-refractivity contribution in [1.29, 1.82) is 0 Å². The van der Waals surface area contributed by atoms with Crippen LogP contribution in [0.4, 0.5) is 36.4 Å². The average Bonchev–Trinajstić information content (AvgIpc) is 3.04. The lowest BCUT2D eigenvalue weighted by molar-refractivity contribution is -0.381. The average molecular weight is 510 g/mol. The molecule has 2 aromatic rings. The van der Waals surface area contributed by atoms with Gasteiger partial charge in [0.15, 0.2) is 23.4 Å². The molecule has 35 heavy (non-hydrogen) atoms. The number of H-pyrrole nitrogens is 1. The number of aromatic nitrogens is 1. The highest BCUT2D eigenvalue weighted by Crippen LogP contribution is 2.55. The molecule has 3 rings (SSSR count). The van der Waals surface area contributed by atoms with Gasteiger partial charge in [0.05, 0.1) is 5.69 Å². The second kappa shape index (κ2) is 9.32. The zero-order valence-corrected chi connectivity index (χ0v) is 18.1. The molecule has 4 N–H and O–H groups in total. The van der Waals surface area contributed by atoms with E-state index in [0.717, 1.165) is 19.1 Å². The highest BCUT2D eigenvalue weighted by atomic mass is 19.4. The molecule has 1 aromatic carbocycles. The second-order valence-corrected chi connectivity index (χ2v) is 7.96. The number of amides is 2. The van der Waals surface area contributed by atoms with Gasteiger partial charge in [-0.3, -0.25) is 9.59 Å². The Kier molecular flexibility index (Phi) is 6.97. The van der Waals surface area contributed by atoms with Gasteiger partial charge in [0, 0.05) is 29.5 Å². The number of rotatable bonds is 6. The molecule has 4 atom stereocenters. The van der Waals surface area contributed by atoms with Crippen molar-refractivity contribution in [3.8, 4) is 5.75 Å². The van der Waals surface area contributed by atoms with Crippen molar-refractivity contribution in [3.05, 3.63) is 53.4 Å². The molecule has 1 aromatic heterocycles. The summed E-state index contributed by atoms with van der Waals surface area (Å²) in [6, 6.07) is 3.62. The van der Waals surface area contributed by atoms with E-state index in [1.54, 1.807) is 0 Å². The Bertz CT molecular complexity index is 1140. The third kappa shape index (κ3) is 4.88. The van der Waals surface area contributed by atoms with Crippen LogP contribution in [-0.2, 0) is 9.53 Å². The van der Waals surface area contributed by atoms with Gasteiger partial charge in [-0.2, -0.15) is 26.3 Å². The van der Waals surface area contributed by atoms with Gasteiger partial charge in [0.2, 0.25) is 5.82 Å². The lowest BCUT2D eigenvalue weighted by Crippen LogP contribution is -2.47. The van der Waals surface area contributed by atoms with E-state index in [0.29, 0.717) is 13.0 Å². The highest BCUT2D eigenvalue weighted by molar-refractivity contribution is 5.97. The van der Waals surface area contributed by atoms with Gasteiger partial charge in [-0.05, 0) is 13.0 Å². The molecule has 2 heterocycles. The first-order valence-electron chi connectivity index (χ1n) is 9.97. The number of anilines is 1. The third-order valence-corrected chi connectivity index (χ3v) is 5.91. The van der Waals surface area contributed by atoms with E-state index < -0.39 is 71.1 Å². The summed E-state index contributed by atoms with van der Waals surface area (Å²) >= 11 is 0. The van der Waals surface area contributed by atoms with Crippen molar-refractivity contribution in [2.45, 2.75) is 44.3 Å². The Morgan fingerprint density at radius 3 is 2.46 bits per heavy atom. The summed E-state index contributed by atoms with van der Waals surface area (Å²) < 4.78 is 105. The summed E-state index contributed by atoms with van der Waals surface area (Å²) in [4.78, 5) is 26.9. The second-order valence-electron chi connectivity index (χ2n) is 7.96. The molecule has 4 unspecified atom stereocenters. The number of carbonyl (C=O) groups excluding carboxylic acids is 2. The zero-order valence-electron chi connectivity index (χ0n) is 18.1. The highest BCUT2D eigenvalue weighted by Gasteiger charge is 2.66. The van der Waals surface area contributed by atoms with Gasteiger partial charge >= 0.3 is 18.7 Å². The molecular formula is C21H19F7N3O4+. The van der Waals surface area contributed by atoms with Gasteiger partial charge < -0.3 is 20.5 Å². The van der Waals surface area contributed by atoms with E-state index >= 15 is 0 Å². The molecule has 1 aliphatic rings. The molecule has 1 fully saturated rings. The number of benzene rings is 1. The Morgan fingerprint density at radius 1 is 1.23 bits per heavy atom. The number of primary amides is 1. The fourth-order valence-electron chi connectivity index (χ4n) is 3.94. The van der Waals surface area contributed by atoms with E-state index in [-0.39, 0.29) is 11.4 Å². The maximum absolute atomic E-state index is 14.4. The predicted octanol–water partition coefficient (Wildman–Crippen LogP) is 3.56. The van der Waals surface area contributed by atoms with E-state index in [2.05, 4.69) is 15.0 Å². The number of hydrogen-bond donors (Lipinski definition) is 2. The van der Waals surface area contributed by atoms with Crippen LogP contribution in [0.1, 0.15) is 35.8 Å². The predicted molar refractivity (Wildman–Crippen MR) is 104 cm³/mol. The van der Waals surface area contributed by atoms with Gasteiger partial charge in [-0.25, -0.2) is 9.37 Å². The van der Waals surface area contributed by atoms with Gasteiger partial charge in [-0.15, -0.1) is 0 Å². The molecule has 0 spiro atoms. The third-order valence-electron chi connectivity index (χ3n) is 5.91. The molecule has 0 saturated carbocycles. The minimum Gasteiger partial charge on any atom is -0.431 e. The topological polar surface area (TPSA) is 105 Å². The number of hydrogen-bond acceptors (Lipinski definition) is 4. The molecule has 0 bridgehead atoms. The van der Waals surface area contributed by atoms with Crippen LogP contribution in [0.3, 0.4) is 0 Å². The van der Waals surface area contributed by atoms with Crippen molar-refractivity contribution in [2.24, 2.45) is 11.7 Å². The van der Waals surface area contributed by atoms with Crippen molar-refractivity contribution in [3.63, 3.8) is 0 Å². The molecule has 14 heteroatoms. The lowest BCUT2D eigenvalue weighted by Gasteiger charge is -2.32. The number of halogens is 7. The summed E-state index contributed by atoms with van der Waals surface area (Å²) in [6.07, 6.45) is -5.83. The standard InChI is InChI=1S/C21H18F7N3O4/c1-8-13(10-3-4-11(22)14(23)15(10)34-19(24)25)16(35-20(8,2)21(26,27)28)18(33)31-9-5-6-30-12(7-9)17(29)32/h3-8,13,16,19H,1-2H3,(H2,29,32)(H,30,31,33)/p+1. The van der Waals surface area contributed by atoms with Crippen molar-refractivity contribution in [1.82, 2.24) is 0 Å². The number of ether oxygens (including phenoxy) is 2. The van der Waals surface area contributed by atoms with Gasteiger partial charge in [0.25, 0.3) is 11.6 Å². The minimum atomic E-state index is -5.04. The first-order chi connectivity index (χ1) is 16.2. The summed E-state index contributed by atoms with van der Waals surface area (Å²) in [5, 5.41) is 2.26. The van der Waals surface area contributed by atoms with Crippen molar-refractivity contribution in [2.75, 3.05) is 5.32 Å². The SMILES string of the molecule is CC1C(c2ccc(F)c(F)c2OC(F)F)C(C(=O)Nc2cc[nH+]c(C(N)=O)c2)OC1(C)C(F)(F)F. The Hall–Kier alpha value is -3.42. The molecule has 1 saturated heterocycles. The van der Waals surface area contributed by atoms with Gasteiger partial charge in [-0.1, -0.05) is 13.0 Å². The largest absolute Gasteiger partial charge is 0.431 e. The van der Waals surface area contributed by atoms with Gasteiger partial charge in [0.1, 0.15) is 6.10 Å². The van der Waals surface area contributed by atoms with E-state index in [9.17, 15) is 40.3 Å². The maximum Gasteiger partial charge on any atom is 0.417 e. The zero-order chi connectivity index (χ0) is 26.3. The molecule has 0 radical (unpaired) electrons. The Labute approximate surface area is 193 Å². The Balaban J connectivity index is 2.10. The molecule has 0 aliphatic carbocycles. The van der Waals surface area contributed by atoms with Crippen LogP contribution >= 0.6 is 0 Å². The molecule has 7 nitrogen and oxygen atoms in total. The molecule has 2 amide bonds.